The second-order valence-electron chi connectivity index (χ2n) is 9.27. The summed E-state index contributed by atoms with van der Waals surface area (Å²) in [6.07, 6.45) is 1.11. The van der Waals surface area contributed by atoms with Gasteiger partial charge < -0.3 is 19.7 Å². The van der Waals surface area contributed by atoms with Crippen LogP contribution < -0.4 is 15.5 Å². The van der Waals surface area contributed by atoms with Gasteiger partial charge in [-0.1, -0.05) is 37.3 Å². The van der Waals surface area contributed by atoms with Gasteiger partial charge in [0.1, 0.15) is 12.2 Å². The highest BCUT2D eigenvalue weighted by Crippen LogP contribution is 2.18. The number of amides is 2. The number of hydrogen-bond acceptors (Lipinski definition) is 7. The van der Waals surface area contributed by atoms with E-state index in [0.717, 1.165) is 12.8 Å². The number of rotatable bonds is 8. The molecule has 33 heavy (non-hydrogen) atoms. The lowest BCUT2D eigenvalue weighted by molar-refractivity contribution is -0.120. The third-order valence-electron chi connectivity index (χ3n) is 5.20. The third-order valence-corrected chi connectivity index (χ3v) is 5.20. The van der Waals surface area contributed by atoms with Crippen molar-refractivity contribution in [1.82, 2.24) is 20.5 Å². The van der Waals surface area contributed by atoms with E-state index >= 15 is 0 Å². The van der Waals surface area contributed by atoms with E-state index in [1.807, 2.05) is 56.0 Å². The molecular formula is C23H34N6O4. The van der Waals surface area contributed by atoms with Crippen molar-refractivity contribution in [3.8, 4) is 0 Å². The Morgan fingerprint density at radius 3 is 2.58 bits per heavy atom. The summed E-state index contributed by atoms with van der Waals surface area (Å²) in [4.78, 5) is 30.5. The fraction of sp³-hybridized carbons (Fsp3) is 0.565. The van der Waals surface area contributed by atoms with Crippen LogP contribution >= 0.6 is 0 Å². The van der Waals surface area contributed by atoms with Crippen molar-refractivity contribution in [2.75, 3.05) is 36.5 Å². The van der Waals surface area contributed by atoms with E-state index in [2.05, 4.69) is 32.7 Å². The lowest BCUT2D eigenvalue weighted by atomic mass is 10.0. The number of nitrogens with zero attached hydrogens (tertiary/aromatic N) is 3. The Bertz CT molecular complexity index is 903. The first kappa shape index (κ1) is 24.5. The number of ether oxygens (including phenoxy) is 2. The van der Waals surface area contributed by atoms with E-state index in [1.165, 1.54) is 5.56 Å². The Morgan fingerprint density at radius 2 is 1.91 bits per heavy atom. The molecule has 3 rings (SSSR count). The summed E-state index contributed by atoms with van der Waals surface area (Å²) in [5.74, 6) is 0.699. The summed E-state index contributed by atoms with van der Waals surface area (Å²) in [6, 6.07) is 10.1. The van der Waals surface area contributed by atoms with Gasteiger partial charge in [-0.15, -0.1) is 5.10 Å². The molecule has 1 aliphatic heterocycles. The van der Waals surface area contributed by atoms with Crippen molar-refractivity contribution in [2.45, 2.75) is 58.1 Å². The number of aromatic amines is 1. The highest BCUT2D eigenvalue weighted by atomic mass is 16.6. The normalized spacial score (nSPS) is 15.7. The Labute approximate surface area is 194 Å². The summed E-state index contributed by atoms with van der Waals surface area (Å²) in [7, 11) is 0. The van der Waals surface area contributed by atoms with Gasteiger partial charge in [-0.2, -0.15) is 4.98 Å². The number of hydrogen-bond donors (Lipinski definition) is 3. The maximum Gasteiger partial charge on any atom is 0.407 e. The zero-order valence-corrected chi connectivity index (χ0v) is 19.8. The van der Waals surface area contributed by atoms with E-state index in [1.54, 1.807) is 0 Å². The summed E-state index contributed by atoms with van der Waals surface area (Å²) in [5.41, 5.74) is 0.651. The van der Waals surface area contributed by atoms with Crippen molar-refractivity contribution >= 4 is 23.9 Å². The zero-order valence-electron chi connectivity index (χ0n) is 19.8. The van der Waals surface area contributed by atoms with E-state index in [0.29, 0.717) is 25.6 Å². The average molecular weight is 459 g/mol. The predicted octanol–water partition coefficient (Wildman–Crippen LogP) is 3.06. The number of carbonyl (C=O) groups excluding carboxylic acids is 2. The minimum atomic E-state index is -0.518. The lowest BCUT2D eigenvalue weighted by Gasteiger charge is -2.32. The number of H-pyrrole nitrogens is 1. The van der Waals surface area contributed by atoms with Gasteiger partial charge >= 0.3 is 6.09 Å². The second-order valence-corrected chi connectivity index (χ2v) is 9.27. The summed E-state index contributed by atoms with van der Waals surface area (Å²) >= 11 is 0. The first-order chi connectivity index (χ1) is 15.7. The average Bonchev–Trinajstić information content (AvgIpc) is 3.21. The monoisotopic (exact) mass is 458 g/mol. The molecule has 10 heteroatoms. The number of piperidine rings is 1. The standard InChI is InChI=1S/C23H34N6O4/c1-16(17-8-6-5-7-9-17)14-32-15-19(30)25-20-26-21(28-27-20)29-12-10-18(11-13-29)24-22(31)33-23(2,3)4/h5-9,16,18H,10-15H2,1-4H3,(H,24,31)(H2,25,26,27,28,30). The van der Waals surface area contributed by atoms with E-state index in [4.69, 9.17) is 9.47 Å². The minimum Gasteiger partial charge on any atom is -0.444 e. The molecule has 2 aromatic rings. The summed E-state index contributed by atoms with van der Waals surface area (Å²) in [6.45, 7) is 9.34. The number of nitrogens with one attached hydrogen (secondary N) is 3. The van der Waals surface area contributed by atoms with Crippen LogP contribution in [0.15, 0.2) is 30.3 Å². The molecular weight excluding hydrogens is 424 g/mol. The molecule has 0 spiro atoms. The van der Waals surface area contributed by atoms with Gasteiger partial charge in [0.15, 0.2) is 0 Å². The SMILES string of the molecule is CC(COCC(=O)Nc1nc(N2CCC(NC(=O)OC(C)(C)C)CC2)n[nH]1)c1ccccc1. The molecule has 2 amide bonds. The van der Waals surface area contributed by atoms with Crippen molar-refractivity contribution in [3.63, 3.8) is 0 Å². The van der Waals surface area contributed by atoms with Crippen LogP contribution in [0.2, 0.25) is 0 Å². The van der Waals surface area contributed by atoms with E-state index in [-0.39, 0.29) is 30.4 Å². The zero-order chi connectivity index (χ0) is 23.8. The topological polar surface area (TPSA) is 121 Å². The molecule has 180 valence electrons. The highest BCUT2D eigenvalue weighted by molar-refractivity contribution is 5.90. The largest absolute Gasteiger partial charge is 0.444 e. The molecule has 1 unspecified atom stereocenters. The van der Waals surface area contributed by atoms with Crippen LogP contribution in [0.3, 0.4) is 0 Å². The summed E-state index contributed by atoms with van der Waals surface area (Å²) in [5, 5.41) is 12.5. The molecule has 1 aromatic heterocycles. The maximum absolute atomic E-state index is 12.2. The Balaban J connectivity index is 1.37. The molecule has 2 heterocycles. The van der Waals surface area contributed by atoms with Gasteiger partial charge in [0.2, 0.25) is 11.9 Å². The van der Waals surface area contributed by atoms with Crippen LogP contribution in [0.25, 0.3) is 0 Å². The smallest absolute Gasteiger partial charge is 0.407 e. The maximum atomic E-state index is 12.2. The molecule has 0 radical (unpaired) electrons. The van der Waals surface area contributed by atoms with Crippen LogP contribution in [0, 0.1) is 0 Å². The number of carbonyl (C=O) groups is 2. The Kier molecular flexibility index (Phi) is 8.26. The van der Waals surface area contributed by atoms with Crippen LogP contribution in [0.1, 0.15) is 52.0 Å². The molecule has 1 aliphatic rings. The van der Waals surface area contributed by atoms with Crippen LogP contribution in [-0.2, 0) is 14.3 Å². The minimum absolute atomic E-state index is 0.0460. The van der Waals surface area contributed by atoms with Gasteiger partial charge in [0.05, 0.1) is 6.61 Å². The van der Waals surface area contributed by atoms with Crippen molar-refractivity contribution in [2.24, 2.45) is 0 Å². The summed E-state index contributed by atoms with van der Waals surface area (Å²) < 4.78 is 10.9. The van der Waals surface area contributed by atoms with Gasteiger partial charge in [-0.05, 0) is 39.2 Å². The first-order valence-corrected chi connectivity index (χ1v) is 11.3. The highest BCUT2D eigenvalue weighted by Gasteiger charge is 2.25. The van der Waals surface area contributed by atoms with E-state index < -0.39 is 11.7 Å². The van der Waals surface area contributed by atoms with E-state index in [9.17, 15) is 9.59 Å². The molecule has 3 N–H and O–H groups in total. The second kappa shape index (κ2) is 11.1. The fourth-order valence-corrected chi connectivity index (χ4v) is 3.52. The molecule has 0 aliphatic carbocycles. The fourth-order valence-electron chi connectivity index (χ4n) is 3.52. The van der Waals surface area contributed by atoms with Gasteiger partial charge in [0.25, 0.3) is 5.91 Å². The third kappa shape index (κ3) is 8.05. The first-order valence-electron chi connectivity index (χ1n) is 11.3. The van der Waals surface area contributed by atoms with Crippen LogP contribution in [-0.4, -0.2) is 65.1 Å². The van der Waals surface area contributed by atoms with Gasteiger partial charge in [0, 0.05) is 25.0 Å². The number of alkyl carbamates (subject to hydrolysis) is 1. The molecule has 1 fully saturated rings. The van der Waals surface area contributed by atoms with Crippen LogP contribution in [0.4, 0.5) is 16.7 Å². The van der Waals surface area contributed by atoms with Crippen LogP contribution in [0.5, 0.6) is 0 Å². The predicted molar refractivity (Wildman–Crippen MR) is 125 cm³/mol. The van der Waals surface area contributed by atoms with Gasteiger partial charge in [-0.3, -0.25) is 10.1 Å². The molecule has 1 saturated heterocycles. The van der Waals surface area contributed by atoms with Gasteiger partial charge in [-0.25, -0.2) is 9.89 Å². The molecule has 1 atom stereocenters. The quantitative estimate of drug-likeness (QED) is 0.556. The number of aromatic nitrogens is 3. The molecule has 1 aromatic carbocycles. The molecule has 10 nitrogen and oxygen atoms in total. The van der Waals surface area contributed by atoms with Crippen molar-refractivity contribution in [1.29, 1.82) is 0 Å². The molecule has 0 bridgehead atoms. The number of benzene rings is 1. The number of anilines is 2. The Morgan fingerprint density at radius 1 is 1.21 bits per heavy atom. The lowest BCUT2D eigenvalue weighted by Crippen LogP contribution is -2.46. The molecule has 0 saturated carbocycles. The van der Waals surface area contributed by atoms with Crippen molar-refractivity contribution in [3.05, 3.63) is 35.9 Å². The Hall–Kier alpha value is -3.14. The van der Waals surface area contributed by atoms with Crippen molar-refractivity contribution < 1.29 is 19.1 Å².